The van der Waals surface area contributed by atoms with Crippen LogP contribution in [-0.4, -0.2) is 48.2 Å². The summed E-state index contributed by atoms with van der Waals surface area (Å²) in [5.74, 6) is -1.11. The molecule has 0 amide bonds. The fourth-order valence-corrected chi connectivity index (χ4v) is 5.11. The van der Waals surface area contributed by atoms with Crippen LogP contribution >= 0.6 is 11.6 Å². The van der Waals surface area contributed by atoms with Crippen molar-refractivity contribution in [1.29, 1.82) is 0 Å². The summed E-state index contributed by atoms with van der Waals surface area (Å²) in [5, 5.41) is 4.21. The van der Waals surface area contributed by atoms with Crippen molar-refractivity contribution in [2.75, 3.05) is 5.32 Å². The zero-order valence-electron chi connectivity index (χ0n) is 17.8. The van der Waals surface area contributed by atoms with E-state index >= 15 is 0 Å². The fourth-order valence-electron chi connectivity index (χ4n) is 4.99. The van der Waals surface area contributed by atoms with Gasteiger partial charge in [0.15, 0.2) is 29.7 Å². The standard InChI is InChI=1S/C22H26ClNO7/c1-20(2)26-15-14-13(25-18(15)29-20)9-10-22(28-14)17(24-12-7-5-11(23)6-8-12)16-19(31-22)30-21(3,4)27-16/h5-8,15-19,24H,9-10H2,1-4H3/t15-,16-,17+,18-,19+,22+/m1/s1. The summed E-state index contributed by atoms with van der Waals surface area (Å²) in [7, 11) is 0. The fraction of sp³-hybridized carbons (Fsp3) is 0.636. The topological polar surface area (TPSA) is 76.6 Å². The number of halogens is 1. The zero-order chi connectivity index (χ0) is 21.6. The molecule has 3 fully saturated rings. The average molecular weight is 452 g/mol. The molecule has 1 spiro atoms. The number of nitrogens with one attached hydrogen (secondary N) is 1. The van der Waals surface area contributed by atoms with Gasteiger partial charge in [-0.15, -0.1) is 0 Å². The maximum atomic E-state index is 6.56. The second-order valence-electron chi connectivity index (χ2n) is 9.46. The summed E-state index contributed by atoms with van der Waals surface area (Å²) in [6, 6.07) is 7.18. The molecule has 8 nitrogen and oxygen atoms in total. The molecule has 0 radical (unpaired) electrons. The van der Waals surface area contributed by atoms with Gasteiger partial charge in [-0.3, -0.25) is 0 Å². The minimum atomic E-state index is -1.00. The van der Waals surface area contributed by atoms with Crippen LogP contribution in [0.3, 0.4) is 0 Å². The third kappa shape index (κ3) is 3.23. The van der Waals surface area contributed by atoms with E-state index in [0.29, 0.717) is 23.6 Å². The largest absolute Gasteiger partial charge is 0.462 e. The number of hydrogen-bond donors (Lipinski definition) is 1. The highest BCUT2D eigenvalue weighted by Crippen LogP contribution is 2.53. The van der Waals surface area contributed by atoms with Crippen LogP contribution in [0.5, 0.6) is 0 Å². The Morgan fingerprint density at radius 3 is 2.39 bits per heavy atom. The maximum Gasteiger partial charge on any atom is 0.236 e. The normalized spacial score (nSPS) is 41.5. The van der Waals surface area contributed by atoms with Crippen LogP contribution in [0.2, 0.25) is 5.02 Å². The quantitative estimate of drug-likeness (QED) is 0.726. The van der Waals surface area contributed by atoms with Crippen LogP contribution in [0.15, 0.2) is 35.8 Å². The minimum absolute atomic E-state index is 0.330. The highest BCUT2D eigenvalue weighted by Gasteiger charge is 2.66. The van der Waals surface area contributed by atoms with Gasteiger partial charge in [-0.25, -0.2) is 0 Å². The Morgan fingerprint density at radius 1 is 0.903 bits per heavy atom. The van der Waals surface area contributed by atoms with E-state index in [-0.39, 0.29) is 12.1 Å². The van der Waals surface area contributed by atoms with Crippen molar-refractivity contribution in [3.8, 4) is 0 Å². The van der Waals surface area contributed by atoms with Gasteiger partial charge >= 0.3 is 0 Å². The molecular formula is C22H26ClNO7. The first-order valence-electron chi connectivity index (χ1n) is 10.6. The molecule has 1 aromatic rings. The van der Waals surface area contributed by atoms with Crippen molar-refractivity contribution in [2.24, 2.45) is 0 Å². The van der Waals surface area contributed by atoms with Gasteiger partial charge in [0.2, 0.25) is 12.1 Å². The summed E-state index contributed by atoms with van der Waals surface area (Å²) < 4.78 is 43.1. The lowest BCUT2D eigenvalue weighted by molar-refractivity contribution is -0.296. The second-order valence-corrected chi connectivity index (χ2v) is 9.90. The molecule has 1 aromatic carbocycles. The third-order valence-electron chi connectivity index (χ3n) is 6.21. The Labute approximate surface area is 185 Å². The lowest BCUT2D eigenvalue weighted by atomic mass is 9.95. The summed E-state index contributed by atoms with van der Waals surface area (Å²) >= 11 is 6.06. The molecule has 0 aliphatic carbocycles. The molecule has 9 heteroatoms. The number of hydrogen-bond acceptors (Lipinski definition) is 8. The van der Waals surface area contributed by atoms with Crippen molar-refractivity contribution < 1.29 is 33.2 Å². The van der Waals surface area contributed by atoms with Crippen LogP contribution in [-0.2, 0) is 33.2 Å². The van der Waals surface area contributed by atoms with E-state index < -0.39 is 36.0 Å². The van der Waals surface area contributed by atoms with E-state index in [9.17, 15) is 0 Å². The molecule has 5 heterocycles. The van der Waals surface area contributed by atoms with Gasteiger partial charge in [0.1, 0.15) is 17.9 Å². The monoisotopic (exact) mass is 451 g/mol. The predicted octanol–water partition coefficient (Wildman–Crippen LogP) is 3.85. The molecule has 0 aromatic heterocycles. The molecule has 0 unspecified atom stereocenters. The van der Waals surface area contributed by atoms with E-state index in [4.69, 9.17) is 44.8 Å². The molecule has 6 atom stereocenters. The molecular weight excluding hydrogens is 426 g/mol. The summed E-state index contributed by atoms with van der Waals surface area (Å²) in [6.07, 6.45) is -0.650. The Morgan fingerprint density at radius 2 is 1.61 bits per heavy atom. The SMILES string of the molecule is CC1(C)O[C@H]2O[C@@]3(CCC4=C(O3)[C@H]3OC(C)(C)O[C@H]3O4)[C@@H](Nc3ccc(Cl)cc3)[C@H]2O1. The van der Waals surface area contributed by atoms with Gasteiger partial charge in [0, 0.05) is 23.6 Å². The van der Waals surface area contributed by atoms with Crippen molar-refractivity contribution in [3.63, 3.8) is 0 Å². The van der Waals surface area contributed by atoms with Gasteiger partial charge in [-0.05, 0) is 52.0 Å². The molecule has 168 valence electrons. The van der Waals surface area contributed by atoms with Gasteiger partial charge in [0.05, 0.1) is 0 Å². The molecule has 31 heavy (non-hydrogen) atoms. The van der Waals surface area contributed by atoms with E-state index in [2.05, 4.69) is 5.32 Å². The lowest BCUT2D eigenvalue weighted by Crippen LogP contribution is -2.53. The number of benzene rings is 1. The number of rotatable bonds is 2. The highest BCUT2D eigenvalue weighted by atomic mass is 35.5. The van der Waals surface area contributed by atoms with E-state index in [1.54, 1.807) is 0 Å². The average Bonchev–Trinajstić information content (AvgIpc) is 3.33. The van der Waals surface area contributed by atoms with Gasteiger partial charge in [-0.1, -0.05) is 11.6 Å². The number of ether oxygens (including phenoxy) is 7. The molecule has 3 saturated heterocycles. The van der Waals surface area contributed by atoms with Crippen LogP contribution in [0.4, 0.5) is 5.69 Å². The van der Waals surface area contributed by atoms with Crippen LogP contribution in [0.25, 0.3) is 0 Å². The second kappa shape index (κ2) is 6.50. The van der Waals surface area contributed by atoms with Gasteiger partial charge in [0.25, 0.3) is 0 Å². The summed E-state index contributed by atoms with van der Waals surface area (Å²) in [5.41, 5.74) is 0.886. The van der Waals surface area contributed by atoms with Crippen LogP contribution in [0.1, 0.15) is 40.5 Å². The lowest BCUT2D eigenvalue weighted by Gasteiger charge is -2.40. The third-order valence-corrected chi connectivity index (χ3v) is 6.46. The number of allylic oxidation sites excluding steroid dienone is 1. The molecule has 5 aliphatic rings. The van der Waals surface area contributed by atoms with E-state index in [1.165, 1.54) is 0 Å². The predicted molar refractivity (Wildman–Crippen MR) is 109 cm³/mol. The Balaban J connectivity index is 1.32. The van der Waals surface area contributed by atoms with Crippen LogP contribution < -0.4 is 5.32 Å². The first-order valence-corrected chi connectivity index (χ1v) is 11.0. The Bertz CT molecular complexity index is 932. The van der Waals surface area contributed by atoms with E-state index in [1.807, 2.05) is 52.0 Å². The molecule has 0 saturated carbocycles. The van der Waals surface area contributed by atoms with Crippen molar-refractivity contribution >= 4 is 17.3 Å². The Hall–Kier alpha value is -1.55. The summed E-state index contributed by atoms with van der Waals surface area (Å²) in [6.45, 7) is 7.48. The van der Waals surface area contributed by atoms with Crippen LogP contribution in [0, 0.1) is 0 Å². The van der Waals surface area contributed by atoms with Crippen molar-refractivity contribution in [3.05, 3.63) is 40.8 Å². The first-order chi connectivity index (χ1) is 14.6. The van der Waals surface area contributed by atoms with Crippen molar-refractivity contribution in [2.45, 2.75) is 88.7 Å². The number of anilines is 1. The smallest absolute Gasteiger partial charge is 0.236 e. The zero-order valence-corrected chi connectivity index (χ0v) is 18.6. The Kier molecular flexibility index (Phi) is 4.21. The first kappa shape index (κ1) is 20.1. The summed E-state index contributed by atoms with van der Waals surface area (Å²) in [4.78, 5) is 0. The highest BCUT2D eigenvalue weighted by molar-refractivity contribution is 6.30. The number of fused-ring (bicyclic) bond motifs is 3. The molecule has 6 rings (SSSR count). The maximum absolute atomic E-state index is 6.56. The molecule has 0 bridgehead atoms. The molecule has 5 aliphatic heterocycles. The van der Waals surface area contributed by atoms with Gasteiger partial charge < -0.3 is 38.5 Å². The molecule has 1 N–H and O–H groups in total. The van der Waals surface area contributed by atoms with E-state index in [0.717, 1.165) is 11.4 Å². The van der Waals surface area contributed by atoms with Gasteiger partial charge in [-0.2, -0.15) is 0 Å². The minimum Gasteiger partial charge on any atom is -0.462 e. The van der Waals surface area contributed by atoms with Crippen molar-refractivity contribution in [1.82, 2.24) is 0 Å².